The number of nitrogens with zero attached hydrogens (tertiary/aromatic N) is 1. The largest absolute Gasteiger partial charge is 0.496 e. The Labute approximate surface area is 155 Å². The molecule has 2 aromatic rings. The molecule has 144 valence electrons. The Morgan fingerprint density at radius 3 is 2.41 bits per heavy atom. The van der Waals surface area contributed by atoms with E-state index in [4.69, 9.17) is 14.3 Å². The Hall–Kier alpha value is -3.16. The number of ether oxygens (including phenoxy) is 3. The standard InChI is InChI=1S/C19H19F2NO5/c1-12(23)14-5-7-16(24-2)15(9-14)11-26-22-10-13-4-6-17(27-19(20)21)18(8-13)25-3/h4-10,19H,11H2,1-3H3. The van der Waals surface area contributed by atoms with Gasteiger partial charge in [-0.25, -0.2) is 0 Å². The quantitative estimate of drug-likeness (QED) is 0.373. The number of alkyl halides is 2. The van der Waals surface area contributed by atoms with Gasteiger partial charge in [-0.05, 0) is 43.3 Å². The third-order valence-corrected chi connectivity index (χ3v) is 3.59. The molecular weight excluding hydrogens is 360 g/mol. The van der Waals surface area contributed by atoms with Crippen LogP contribution in [-0.2, 0) is 11.4 Å². The first-order chi connectivity index (χ1) is 12.9. The molecule has 0 aliphatic heterocycles. The summed E-state index contributed by atoms with van der Waals surface area (Å²) in [4.78, 5) is 16.7. The monoisotopic (exact) mass is 379 g/mol. The van der Waals surface area contributed by atoms with Gasteiger partial charge in [0.2, 0.25) is 0 Å². The normalized spacial score (nSPS) is 10.9. The second kappa shape index (κ2) is 9.51. The van der Waals surface area contributed by atoms with Crippen molar-refractivity contribution in [2.75, 3.05) is 14.2 Å². The fourth-order valence-corrected chi connectivity index (χ4v) is 2.27. The molecule has 0 heterocycles. The highest BCUT2D eigenvalue weighted by atomic mass is 19.3. The van der Waals surface area contributed by atoms with E-state index in [0.29, 0.717) is 22.4 Å². The van der Waals surface area contributed by atoms with Gasteiger partial charge in [-0.1, -0.05) is 5.16 Å². The summed E-state index contributed by atoms with van der Waals surface area (Å²) >= 11 is 0. The summed E-state index contributed by atoms with van der Waals surface area (Å²) in [5.74, 6) is 0.581. The third kappa shape index (κ3) is 5.67. The lowest BCUT2D eigenvalue weighted by atomic mass is 10.1. The Kier molecular flexibility index (Phi) is 7.10. The number of hydrogen-bond acceptors (Lipinski definition) is 6. The molecule has 0 radical (unpaired) electrons. The van der Waals surface area contributed by atoms with Crippen molar-refractivity contribution in [1.82, 2.24) is 0 Å². The number of ketones is 1. The summed E-state index contributed by atoms with van der Waals surface area (Å²) in [6.45, 7) is -1.38. The van der Waals surface area contributed by atoms with Crippen LogP contribution in [0.2, 0.25) is 0 Å². The fourth-order valence-electron chi connectivity index (χ4n) is 2.27. The molecule has 0 spiro atoms. The molecule has 2 aromatic carbocycles. The maximum absolute atomic E-state index is 12.3. The van der Waals surface area contributed by atoms with Crippen LogP contribution in [0.25, 0.3) is 0 Å². The highest BCUT2D eigenvalue weighted by molar-refractivity contribution is 5.94. The topological polar surface area (TPSA) is 66.4 Å². The predicted molar refractivity (Wildman–Crippen MR) is 95.0 cm³/mol. The second-order valence-electron chi connectivity index (χ2n) is 5.38. The first kappa shape index (κ1) is 20.2. The molecule has 0 fully saturated rings. The van der Waals surface area contributed by atoms with Gasteiger partial charge >= 0.3 is 6.61 Å². The van der Waals surface area contributed by atoms with Gasteiger partial charge in [-0.15, -0.1) is 0 Å². The van der Waals surface area contributed by atoms with E-state index in [0.717, 1.165) is 0 Å². The molecule has 0 bridgehead atoms. The van der Waals surface area contributed by atoms with Gasteiger partial charge in [0.1, 0.15) is 12.4 Å². The molecule has 8 heteroatoms. The Bertz CT molecular complexity index is 824. The number of carbonyl (C=O) groups excluding carboxylic acids is 1. The van der Waals surface area contributed by atoms with Gasteiger partial charge < -0.3 is 19.0 Å². The lowest BCUT2D eigenvalue weighted by molar-refractivity contribution is -0.0512. The van der Waals surface area contributed by atoms with Crippen LogP contribution in [0.3, 0.4) is 0 Å². The summed E-state index contributed by atoms with van der Waals surface area (Å²) in [6.07, 6.45) is 1.40. The van der Waals surface area contributed by atoms with E-state index in [1.807, 2.05) is 0 Å². The third-order valence-electron chi connectivity index (χ3n) is 3.59. The number of Topliss-reactive ketones (excluding diaryl/α,β-unsaturated/α-hetero) is 1. The number of oxime groups is 1. The maximum Gasteiger partial charge on any atom is 0.387 e. The summed E-state index contributed by atoms with van der Waals surface area (Å²) in [7, 11) is 2.87. The number of halogens is 2. The first-order valence-corrected chi connectivity index (χ1v) is 7.90. The number of hydrogen-bond donors (Lipinski definition) is 0. The minimum absolute atomic E-state index is 0.0689. The molecule has 0 saturated heterocycles. The lowest BCUT2D eigenvalue weighted by Crippen LogP contribution is -2.03. The molecule has 6 nitrogen and oxygen atoms in total. The zero-order valence-electron chi connectivity index (χ0n) is 15.1. The highest BCUT2D eigenvalue weighted by Gasteiger charge is 2.11. The van der Waals surface area contributed by atoms with Crippen molar-refractivity contribution in [2.45, 2.75) is 20.1 Å². The zero-order valence-corrected chi connectivity index (χ0v) is 15.1. The lowest BCUT2D eigenvalue weighted by Gasteiger charge is -2.10. The molecular formula is C19H19F2NO5. The van der Waals surface area contributed by atoms with Crippen LogP contribution < -0.4 is 14.2 Å². The minimum atomic E-state index is -2.94. The number of methoxy groups -OCH3 is 2. The van der Waals surface area contributed by atoms with Crippen molar-refractivity contribution in [3.63, 3.8) is 0 Å². The van der Waals surface area contributed by atoms with Crippen molar-refractivity contribution in [3.05, 3.63) is 53.1 Å². The van der Waals surface area contributed by atoms with E-state index in [1.165, 1.54) is 45.6 Å². The van der Waals surface area contributed by atoms with Crippen LogP contribution in [0.5, 0.6) is 17.2 Å². The second-order valence-corrected chi connectivity index (χ2v) is 5.38. The van der Waals surface area contributed by atoms with Crippen molar-refractivity contribution >= 4 is 12.0 Å². The van der Waals surface area contributed by atoms with Gasteiger partial charge in [0.15, 0.2) is 17.3 Å². The molecule has 27 heavy (non-hydrogen) atoms. The van der Waals surface area contributed by atoms with Crippen LogP contribution in [0, 0.1) is 0 Å². The molecule has 0 aliphatic rings. The van der Waals surface area contributed by atoms with Gasteiger partial charge in [0, 0.05) is 16.7 Å². The van der Waals surface area contributed by atoms with Crippen molar-refractivity contribution < 1.29 is 32.6 Å². The SMILES string of the molecule is COc1ccc(C(C)=O)cc1CON=Cc1ccc(OC(F)F)c(OC)c1. The summed E-state index contributed by atoms with van der Waals surface area (Å²) in [6, 6.07) is 9.41. The molecule has 0 N–H and O–H groups in total. The van der Waals surface area contributed by atoms with Crippen LogP contribution in [-0.4, -0.2) is 32.8 Å². The van der Waals surface area contributed by atoms with E-state index in [-0.39, 0.29) is 23.9 Å². The van der Waals surface area contributed by atoms with E-state index in [9.17, 15) is 13.6 Å². The van der Waals surface area contributed by atoms with Crippen molar-refractivity contribution in [1.29, 1.82) is 0 Å². The molecule has 0 atom stereocenters. The van der Waals surface area contributed by atoms with Gasteiger partial charge in [0.05, 0.1) is 20.4 Å². The zero-order chi connectivity index (χ0) is 19.8. The summed E-state index contributed by atoms with van der Waals surface area (Å²) < 4.78 is 39.3. The average Bonchev–Trinajstić information content (AvgIpc) is 2.65. The summed E-state index contributed by atoms with van der Waals surface area (Å²) in [5.41, 5.74) is 1.77. The fraction of sp³-hybridized carbons (Fsp3) is 0.263. The molecule has 0 saturated carbocycles. The molecule has 2 rings (SSSR count). The van der Waals surface area contributed by atoms with Crippen molar-refractivity contribution in [3.8, 4) is 17.2 Å². The summed E-state index contributed by atoms with van der Waals surface area (Å²) in [5, 5.41) is 3.84. The molecule has 0 amide bonds. The van der Waals surface area contributed by atoms with Gasteiger partial charge in [-0.2, -0.15) is 8.78 Å². The number of carbonyl (C=O) groups is 1. The van der Waals surface area contributed by atoms with E-state index < -0.39 is 6.61 Å². The van der Waals surface area contributed by atoms with Gasteiger partial charge in [-0.3, -0.25) is 4.79 Å². The number of rotatable bonds is 9. The Balaban J connectivity index is 2.06. The van der Waals surface area contributed by atoms with E-state index in [1.54, 1.807) is 18.2 Å². The van der Waals surface area contributed by atoms with Crippen LogP contribution >= 0.6 is 0 Å². The van der Waals surface area contributed by atoms with Crippen LogP contribution in [0.15, 0.2) is 41.6 Å². The molecule has 0 aromatic heterocycles. The molecule has 0 unspecified atom stereocenters. The first-order valence-electron chi connectivity index (χ1n) is 7.90. The van der Waals surface area contributed by atoms with Gasteiger partial charge in [0.25, 0.3) is 0 Å². The Morgan fingerprint density at radius 2 is 1.78 bits per heavy atom. The molecule has 0 aliphatic carbocycles. The number of benzene rings is 2. The van der Waals surface area contributed by atoms with Crippen molar-refractivity contribution in [2.24, 2.45) is 5.16 Å². The average molecular weight is 379 g/mol. The van der Waals surface area contributed by atoms with Crippen LogP contribution in [0.4, 0.5) is 8.78 Å². The smallest absolute Gasteiger partial charge is 0.387 e. The highest BCUT2D eigenvalue weighted by Crippen LogP contribution is 2.29. The Morgan fingerprint density at radius 1 is 1.07 bits per heavy atom. The predicted octanol–water partition coefficient (Wildman–Crippen LogP) is 4.06. The maximum atomic E-state index is 12.3. The minimum Gasteiger partial charge on any atom is -0.496 e. The van der Waals surface area contributed by atoms with Crippen LogP contribution in [0.1, 0.15) is 28.4 Å². The van der Waals surface area contributed by atoms with E-state index in [2.05, 4.69) is 9.89 Å². The van der Waals surface area contributed by atoms with E-state index >= 15 is 0 Å².